The van der Waals surface area contributed by atoms with Crippen molar-refractivity contribution in [3.63, 3.8) is 0 Å². The Labute approximate surface area is 163 Å². The molecule has 4 aliphatic carbocycles. The fraction of sp³-hybridized carbons (Fsp3) is 0.600. The van der Waals surface area contributed by atoms with Crippen molar-refractivity contribution in [1.29, 1.82) is 0 Å². The van der Waals surface area contributed by atoms with Gasteiger partial charge in [0.1, 0.15) is 0 Å². The molecule has 0 heterocycles. The van der Waals surface area contributed by atoms with E-state index in [9.17, 15) is 4.79 Å². The van der Waals surface area contributed by atoms with E-state index >= 15 is 0 Å². The van der Waals surface area contributed by atoms with E-state index in [0.29, 0.717) is 21.9 Å². The minimum atomic E-state index is -0.228. The van der Waals surface area contributed by atoms with E-state index in [1.807, 2.05) is 24.3 Å². The molecule has 1 aromatic carbocycles. The number of nitrogens with one attached hydrogen (secondary N) is 2. The quantitative estimate of drug-likeness (QED) is 0.641. The number of benzene rings is 1. The predicted octanol–water partition coefficient (Wildman–Crippen LogP) is 5.26. The standard InChI is InChI=1S/C20H25BrN2OS/c1-18-7-13-8-19(2,10-18)12-20(9-13,11-18)16(24)23-17(25)22-15-5-3-14(21)4-6-15/h3-6,13H,7-12H2,1-2H3,(H2,22,23,24,25)/t13?,18-,19+,20?. The van der Waals surface area contributed by atoms with Crippen molar-refractivity contribution in [2.75, 3.05) is 5.32 Å². The number of halogens is 1. The van der Waals surface area contributed by atoms with Gasteiger partial charge in [0.05, 0.1) is 5.41 Å². The maximum Gasteiger partial charge on any atom is 0.232 e. The molecule has 4 aliphatic rings. The molecule has 2 unspecified atom stereocenters. The van der Waals surface area contributed by atoms with Crippen LogP contribution in [0.3, 0.4) is 0 Å². The second-order valence-corrected chi connectivity index (χ2v) is 10.6. The number of carbonyl (C=O) groups is 1. The molecule has 134 valence electrons. The van der Waals surface area contributed by atoms with Gasteiger partial charge in [0.15, 0.2) is 5.11 Å². The Morgan fingerprint density at radius 3 is 2.24 bits per heavy atom. The van der Waals surface area contributed by atoms with Crippen LogP contribution < -0.4 is 10.6 Å². The number of amides is 1. The third kappa shape index (κ3) is 3.25. The first-order valence-electron chi connectivity index (χ1n) is 9.08. The average molecular weight is 421 g/mol. The first-order chi connectivity index (χ1) is 11.7. The number of carbonyl (C=O) groups excluding carboxylic acids is 1. The number of rotatable bonds is 2. The number of anilines is 1. The molecule has 5 rings (SSSR count). The van der Waals surface area contributed by atoms with Gasteiger partial charge in [0.25, 0.3) is 0 Å². The average Bonchev–Trinajstić information content (AvgIpc) is 2.45. The largest absolute Gasteiger partial charge is 0.332 e. The Hall–Kier alpha value is -0.940. The van der Waals surface area contributed by atoms with Gasteiger partial charge in [-0.25, -0.2) is 0 Å². The molecule has 0 aromatic heterocycles. The highest BCUT2D eigenvalue weighted by molar-refractivity contribution is 9.10. The van der Waals surface area contributed by atoms with Crippen LogP contribution >= 0.6 is 28.1 Å². The van der Waals surface area contributed by atoms with Crippen LogP contribution in [-0.4, -0.2) is 11.0 Å². The minimum Gasteiger partial charge on any atom is -0.332 e. The van der Waals surface area contributed by atoms with E-state index in [-0.39, 0.29) is 11.3 Å². The van der Waals surface area contributed by atoms with Crippen LogP contribution in [0.2, 0.25) is 0 Å². The molecule has 1 amide bonds. The lowest BCUT2D eigenvalue weighted by atomic mass is 9.40. The first kappa shape index (κ1) is 17.5. The highest BCUT2D eigenvalue weighted by Crippen LogP contribution is 2.69. The van der Waals surface area contributed by atoms with Gasteiger partial charge in [-0.3, -0.25) is 4.79 Å². The van der Waals surface area contributed by atoms with E-state index < -0.39 is 0 Å². The van der Waals surface area contributed by atoms with E-state index in [2.05, 4.69) is 40.4 Å². The molecule has 25 heavy (non-hydrogen) atoms. The van der Waals surface area contributed by atoms with E-state index in [1.54, 1.807) is 0 Å². The van der Waals surface area contributed by atoms with Gasteiger partial charge < -0.3 is 10.6 Å². The van der Waals surface area contributed by atoms with E-state index in [0.717, 1.165) is 29.4 Å². The molecule has 4 bridgehead atoms. The summed E-state index contributed by atoms with van der Waals surface area (Å²) in [6.45, 7) is 4.77. The highest BCUT2D eigenvalue weighted by atomic mass is 79.9. The van der Waals surface area contributed by atoms with E-state index in [1.165, 1.54) is 19.3 Å². The molecule has 4 atom stereocenters. The summed E-state index contributed by atoms with van der Waals surface area (Å²) in [5, 5.41) is 6.54. The Bertz CT molecular complexity index is 714. The zero-order chi connectivity index (χ0) is 17.9. The molecule has 4 saturated carbocycles. The fourth-order valence-corrected chi connectivity index (χ4v) is 7.11. The lowest BCUT2D eigenvalue weighted by molar-refractivity contribution is -0.168. The Balaban J connectivity index is 1.47. The summed E-state index contributed by atoms with van der Waals surface area (Å²) >= 11 is 8.82. The third-order valence-corrected chi connectivity index (χ3v) is 7.17. The molecule has 1 aromatic rings. The maximum atomic E-state index is 13.2. The van der Waals surface area contributed by atoms with Crippen molar-refractivity contribution in [3.05, 3.63) is 28.7 Å². The van der Waals surface area contributed by atoms with Crippen LogP contribution in [0.15, 0.2) is 28.7 Å². The van der Waals surface area contributed by atoms with Crippen molar-refractivity contribution < 1.29 is 4.79 Å². The van der Waals surface area contributed by atoms with Crippen molar-refractivity contribution in [2.24, 2.45) is 22.2 Å². The first-order valence-corrected chi connectivity index (χ1v) is 10.3. The molecule has 0 saturated heterocycles. The molecular formula is C20H25BrN2OS. The molecule has 3 nitrogen and oxygen atoms in total. The molecular weight excluding hydrogens is 396 g/mol. The second kappa shape index (κ2) is 5.78. The summed E-state index contributed by atoms with van der Waals surface area (Å²) < 4.78 is 1.02. The molecule has 2 N–H and O–H groups in total. The van der Waals surface area contributed by atoms with Crippen LogP contribution in [0, 0.1) is 22.2 Å². The number of hydrogen-bond acceptors (Lipinski definition) is 2. The summed E-state index contributed by atoms with van der Waals surface area (Å²) in [6, 6.07) is 7.78. The summed E-state index contributed by atoms with van der Waals surface area (Å²) in [5.74, 6) is 0.827. The summed E-state index contributed by atoms with van der Waals surface area (Å²) in [5.41, 5.74) is 1.31. The van der Waals surface area contributed by atoms with Gasteiger partial charge in [0.2, 0.25) is 5.91 Å². The lowest BCUT2D eigenvalue weighted by Gasteiger charge is -2.64. The summed E-state index contributed by atoms with van der Waals surface area (Å²) in [6.07, 6.45) is 6.91. The molecule has 0 radical (unpaired) electrons. The summed E-state index contributed by atoms with van der Waals surface area (Å²) in [7, 11) is 0. The Morgan fingerprint density at radius 1 is 1.08 bits per heavy atom. The molecule has 4 fully saturated rings. The zero-order valence-corrected chi connectivity index (χ0v) is 17.2. The normalized spacial score (nSPS) is 38.4. The fourth-order valence-electron chi connectivity index (χ4n) is 6.63. The SMILES string of the molecule is C[C@]12CC3CC(C(=O)NC(=S)Nc4ccc(Br)cc4)(C1)C[C@@](C)(C3)C2. The predicted molar refractivity (Wildman–Crippen MR) is 108 cm³/mol. The number of thiocarbonyl (C=S) groups is 1. The zero-order valence-electron chi connectivity index (χ0n) is 14.8. The Morgan fingerprint density at radius 2 is 1.68 bits per heavy atom. The van der Waals surface area contributed by atoms with Crippen LogP contribution in [-0.2, 0) is 4.79 Å². The van der Waals surface area contributed by atoms with Gasteiger partial charge in [-0.15, -0.1) is 0 Å². The maximum absolute atomic E-state index is 13.2. The van der Waals surface area contributed by atoms with Gasteiger partial charge >= 0.3 is 0 Å². The molecule has 0 spiro atoms. The summed E-state index contributed by atoms with van der Waals surface area (Å²) in [4.78, 5) is 13.2. The monoisotopic (exact) mass is 420 g/mol. The van der Waals surface area contributed by atoms with Crippen LogP contribution in [0.4, 0.5) is 5.69 Å². The van der Waals surface area contributed by atoms with Crippen molar-refractivity contribution >= 4 is 44.9 Å². The molecule has 5 heteroatoms. The minimum absolute atomic E-state index is 0.128. The van der Waals surface area contributed by atoms with Crippen molar-refractivity contribution in [1.82, 2.24) is 5.32 Å². The highest BCUT2D eigenvalue weighted by Gasteiger charge is 2.62. The van der Waals surface area contributed by atoms with Gasteiger partial charge in [0, 0.05) is 10.2 Å². The van der Waals surface area contributed by atoms with Crippen LogP contribution in [0.5, 0.6) is 0 Å². The smallest absolute Gasteiger partial charge is 0.232 e. The Kier molecular flexibility index (Phi) is 4.04. The second-order valence-electron chi connectivity index (χ2n) is 9.33. The topological polar surface area (TPSA) is 41.1 Å². The lowest BCUT2D eigenvalue weighted by Crippen LogP contribution is -2.60. The number of hydrogen-bond donors (Lipinski definition) is 2. The van der Waals surface area contributed by atoms with Gasteiger partial charge in [-0.1, -0.05) is 29.8 Å². The van der Waals surface area contributed by atoms with Gasteiger partial charge in [-0.2, -0.15) is 0 Å². The van der Waals surface area contributed by atoms with Crippen molar-refractivity contribution in [3.8, 4) is 0 Å². The van der Waals surface area contributed by atoms with Crippen molar-refractivity contribution in [2.45, 2.75) is 52.4 Å². The van der Waals surface area contributed by atoms with Gasteiger partial charge in [-0.05, 0) is 91.8 Å². The van der Waals surface area contributed by atoms with Crippen LogP contribution in [0.25, 0.3) is 0 Å². The van der Waals surface area contributed by atoms with E-state index in [4.69, 9.17) is 12.2 Å². The van der Waals surface area contributed by atoms with Crippen LogP contribution in [0.1, 0.15) is 52.4 Å². The molecule has 0 aliphatic heterocycles. The third-order valence-electron chi connectivity index (χ3n) is 6.44.